The van der Waals surface area contributed by atoms with Gasteiger partial charge in [-0.05, 0) is 53.0 Å². The summed E-state index contributed by atoms with van der Waals surface area (Å²) in [6.07, 6.45) is 0. The minimum atomic E-state index is -0.346. The van der Waals surface area contributed by atoms with Crippen LogP contribution in [0.2, 0.25) is 0 Å². The lowest BCUT2D eigenvalue weighted by atomic mass is 10.1. The first kappa shape index (κ1) is 14.5. The van der Waals surface area contributed by atoms with Crippen LogP contribution >= 0.6 is 15.9 Å². The Bertz CT molecular complexity index is 656. The van der Waals surface area contributed by atoms with Gasteiger partial charge in [0.1, 0.15) is 0 Å². The molecule has 0 aromatic heterocycles. The smallest absolute Gasteiger partial charge is 0.272 e. The average molecular weight is 335 g/mol. The van der Waals surface area contributed by atoms with Crippen molar-refractivity contribution < 1.29 is 4.92 Å². The highest BCUT2D eigenvalue weighted by atomic mass is 79.9. The van der Waals surface area contributed by atoms with Crippen molar-refractivity contribution in [3.63, 3.8) is 0 Å². The molecule has 0 heterocycles. The van der Waals surface area contributed by atoms with E-state index in [1.54, 1.807) is 13.0 Å². The molecule has 104 valence electrons. The van der Waals surface area contributed by atoms with Crippen LogP contribution in [0.3, 0.4) is 0 Å². The predicted molar refractivity (Wildman–Crippen MR) is 84.0 cm³/mol. The molecule has 0 fully saturated rings. The maximum absolute atomic E-state index is 10.9. The lowest BCUT2D eigenvalue weighted by Gasteiger charge is -2.11. The Balaban J connectivity index is 2.21. The molecule has 0 bridgehead atoms. The second kappa shape index (κ2) is 6.05. The molecule has 4 nitrogen and oxygen atoms in total. The Morgan fingerprint density at radius 1 is 1.25 bits per heavy atom. The van der Waals surface area contributed by atoms with Crippen molar-refractivity contribution in [2.45, 2.75) is 20.4 Å². The molecule has 0 spiro atoms. The summed E-state index contributed by atoms with van der Waals surface area (Å²) in [7, 11) is 0. The van der Waals surface area contributed by atoms with E-state index in [0.717, 1.165) is 21.3 Å². The molecule has 2 aromatic rings. The molecule has 0 atom stereocenters. The van der Waals surface area contributed by atoms with Crippen LogP contribution in [-0.2, 0) is 6.54 Å². The Morgan fingerprint density at radius 3 is 2.70 bits per heavy atom. The summed E-state index contributed by atoms with van der Waals surface area (Å²) in [5.41, 5.74) is 3.93. The van der Waals surface area contributed by atoms with Gasteiger partial charge >= 0.3 is 0 Å². The Labute approximate surface area is 126 Å². The van der Waals surface area contributed by atoms with Gasteiger partial charge in [-0.1, -0.05) is 18.2 Å². The number of nitrogens with one attached hydrogen (secondary N) is 1. The van der Waals surface area contributed by atoms with Crippen LogP contribution in [-0.4, -0.2) is 4.92 Å². The normalized spacial score (nSPS) is 10.3. The van der Waals surface area contributed by atoms with Crippen LogP contribution in [0.1, 0.15) is 16.7 Å². The van der Waals surface area contributed by atoms with Gasteiger partial charge in [0, 0.05) is 28.3 Å². The fraction of sp³-hybridized carbons (Fsp3) is 0.200. The van der Waals surface area contributed by atoms with Crippen molar-refractivity contribution in [2.24, 2.45) is 0 Å². The highest BCUT2D eigenvalue weighted by Crippen LogP contribution is 2.26. The predicted octanol–water partition coefficient (Wildman–Crippen LogP) is 4.59. The Kier molecular flexibility index (Phi) is 4.39. The van der Waals surface area contributed by atoms with Crippen molar-refractivity contribution in [3.05, 3.63) is 67.7 Å². The third-order valence-corrected chi connectivity index (χ3v) is 3.90. The van der Waals surface area contributed by atoms with E-state index < -0.39 is 0 Å². The summed E-state index contributed by atoms with van der Waals surface area (Å²) in [5.74, 6) is 0. The molecule has 0 saturated heterocycles. The van der Waals surface area contributed by atoms with E-state index in [4.69, 9.17) is 0 Å². The standard InChI is InChI=1S/C15H15BrN2O2/c1-10-6-7-13(16)14(8-10)17-9-12-4-3-5-15(11(12)2)18(19)20/h3-8,17H,9H2,1-2H3. The van der Waals surface area contributed by atoms with E-state index >= 15 is 0 Å². The van der Waals surface area contributed by atoms with E-state index in [-0.39, 0.29) is 10.6 Å². The highest BCUT2D eigenvalue weighted by molar-refractivity contribution is 9.10. The van der Waals surface area contributed by atoms with Gasteiger partial charge < -0.3 is 5.32 Å². The number of rotatable bonds is 4. The van der Waals surface area contributed by atoms with E-state index in [1.165, 1.54) is 6.07 Å². The molecule has 0 saturated carbocycles. The van der Waals surface area contributed by atoms with Crippen LogP contribution in [0.15, 0.2) is 40.9 Å². The molecule has 5 heteroatoms. The van der Waals surface area contributed by atoms with E-state index in [1.807, 2.05) is 31.2 Å². The molecule has 0 aliphatic carbocycles. The van der Waals surface area contributed by atoms with E-state index in [9.17, 15) is 10.1 Å². The second-order valence-electron chi connectivity index (χ2n) is 4.66. The summed E-state index contributed by atoms with van der Waals surface area (Å²) in [6.45, 7) is 4.35. The first-order valence-corrected chi connectivity index (χ1v) is 7.01. The molecule has 2 rings (SSSR count). The number of benzene rings is 2. The van der Waals surface area contributed by atoms with Crippen LogP contribution in [0, 0.1) is 24.0 Å². The van der Waals surface area contributed by atoms with Crippen LogP contribution < -0.4 is 5.32 Å². The minimum Gasteiger partial charge on any atom is -0.380 e. The zero-order valence-electron chi connectivity index (χ0n) is 11.3. The lowest BCUT2D eigenvalue weighted by molar-refractivity contribution is -0.385. The van der Waals surface area contributed by atoms with Crippen molar-refractivity contribution in [1.29, 1.82) is 0 Å². The molecule has 0 aliphatic heterocycles. The van der Waals surface area contributed by atoms with Gasteiger partial charge in [-0.2, -0.15) is 0 Å². The quantitative estimate of drug-likeness (QED) is 0.657. The number of hydrogen-bond acceptors (Lipinski definition) is 3. The maximum Gasteiger partial charge on any atom is 0.272 e. The number of aryl methyl sites for hydroxylation is 1. The highest BCUT2D eigenvalue weighted by Gasteiger charge is 2.13. The Hall–Kier alpha value is -1.88. The molecule has 0 unspecified atom stereocenters. The maximum atomic E-state index is 10.9. The number of halogens is 1. The van der Waals surface area contributed by atoms with Gasteiger partial charge in [0.05, 0.1) is 4.92 Å². The monoisotopic (exact) mass is 334 g/mol. The topological polar surface area (TPSA) is 55.2 Å². The first-order chi connectivity index (χ1) is 9.49. The zero-order chi connectivity index (χ0) is 14.7. The fourth-order valence-corrected chi connectivity index (χ4v) is 2.41. The molecule has 2 aromatic carbocycles. The van der Waals surface area contributed by atoms with Crippen LogP contribution in [0.25, 0.3) is 0 Å². The number of nitro benzene ring substituents is 1. The number of hydrogen-bond donors (Lipinski definition) is 1. The molecule has 0 amide bonds. The van der Waals surface area contributed by atoms with Crippen molar-refractivity contribution in [1.82, 2.24) is 0 Å². The summed E-state index contributed by atoms with van der Waals surface area (Å²) >= 11 is 3.49. The van der Waals surface area contributed by atoms with Gasteiger partial charge in [0.2, 0.25) is 0 Å². The van der Waals surface area contributed by atoms with Gasteiger partial charge in [-0.15, -0.1) is 0 Å². The van der Waals surface area contributed by atoms with Gasteiger partial charge in [0.15, 0.2) is 0 Å². The SMILES string of the molecule is Cc1ccc(Br)c(NCc2cccc([N+](=O)[O-])c2C)c1. The zero-order valence-corrected chi connectivity index (χ0v) is 12.9. The summed E-state index contributed by atoms with van der Waals surface area (Å²) in [4.78, 5) is 10.6. The van der Waals surface area contributed by atoms with Gasteiger partial charge in [-0.3, -0.25) is 10.1 Å². The van der Waals surface area contributed by atoms with Crippen LogP contribution in [0.4, 0.5) is 11.4 Å². The summed E-state index contributed by atoms with van der Waals surface area (Å²) in [6, 6.07) is 11.2. The molecule has 20 heavy (non-hydrogen) atoms. The van der Waals surface area contributed by atoms with Gasteiger partial charge in [0.25, 0.3) is 5.69 Å². The fourth-order valence-electron chi connectivity index (χ4n) is 2.02. The minimum absolute atomic E-state index is 0.160. The molecular formula is C15H15BrN2O2. The number of anilines is 1. The second-order valence-corrected chi connectivity index (χ2v) is 5.51. The molecular weight excluding hydrogens is 320 g/mol. The average Bonchev–Trinajstić information content (AvgIpc) is 2.41. The molecule has 0 aliphatic rings. The number of nitro groups is 1. The van der Waals surface area contributed by atoms with E-state index in [2.05, 4.69) is 21.2 Å². The number of nitrogens with zero attached hydrogens (tertiary/aromatic N) is 1. The lowest BCUT2D eigenvalue weighted by Crippen LogP contribution is -2.04. The third kappa shape index (κ3) is 3.17. The summed E-state index contributed by atoms with van der Waals surface area (Å²) in [5, 5.41) is 14.2. The van der Waals surface area contributed by atoms with Crippen molar-refractivity contribution in [3.8, 4) is 0 Å². The Morgan fingerprint density at radius 2 is 2.00 bits per heavy atom. The molecule has 0 radical (unpaired) electrons. The summed E-state index contributed by atoms with van der Waals surface area (Å²) < 4.78 is 0.978. The van der Waals surface area contributed by atoms with Crippen molar-refractivity contribution >= 4 is 27.3 Å². The third-order valence-electron chi connectivity index (χ3n) is 3.21. The van der Waals surface area contributed by atoms with E-state index in [0.29, 0.717) is 12.1 Å². The van der Waals surface area contributed by atoms with Crippen molar-refractivity contribution in [2.75, 3.05) is 5.32 Å². The first-order valence-electron chi connectivity index (χ1n) is 6.22. The van der Waals surface area contributed by atoms with Gasteiger partial charge in [-0.25, -0.2) is 0 Å². The largest absolute Gasteiger partial charge is 0.380 e. The van der Waals surface area contributed by atoms with Crippen LogP contribution in [0.5, 0.6) is 0 Å². The molecule has 1 N–H and O–H groups in total.